The van der Waals surface area contributed by atoms with E-state index in [1.807, 2.05) is 0 Å². The number of ether oxygens (including phenoxy) is 3. The molecule has 29 heavy (non-hydrogen) atoms. The zero-order valence-electron chi connectivity index (χ0n) is 15.0. The van der Waals surface area contributed by atoms with Gasteiger partial charge in [0.1, 0.15) is 48.8 Å². The van der Waals surface area contributed by atoms with E-state index in [0.29, 0.717) is 0 Å². The number of carboxylic acid groups (broad SMARTS) is 1. The molecular formula is C15H26O14. The van der Waals surface area contributed by atoms with Gasteiger partial charge in [-0.3, -0.25) is 0 Å². The standard InChI is InChI=1S/C15H26O14/c16-2-6-9(21)10(22)11(23)13(28-6)27-3-5(18)8(20)12-7(19)4(17)1-15(26,29-12)14(24)25/h4-13,16-23,26H,1-3H2,(H,24,25)/t4-,5+,6+,7+,8+,9+,10-,11+,12+,13-,15-/m0/s1. The van der Waals surface area contributed by atoms with Crippen LogP contribution in [0.3, 0.4) is 0 Å². The van der Waals surface area contributed by atoms with Crippen molar-refractivity contribution in [2.75, 3.05) is 13.2 Å². The summed E-state index contributed by atoms with van der Waals surface area (Å²) in [5, 5.41) is 97.1. The van der Waals surface area contributed by atoms with Gasteiger partial charge in [0.05, 0.1) is 19.3 Å². The minimum atomic E-state index is -2.91. The molecule has 0 aliphatic carbocycles. The molecular weight excluding hydrogens is 404 g/mol. The van der Waals surface area contributed by atoms with Gasteiger partial charge in [0.2, 0.25) is 0 Å². The molecule has 0 saturated carbocycles. The fraction of sp³-hybridized carbons (Fsp3) is 0.933. The van der Waals surface area contributed by atoms with E-state index in [1.54, 1.807) is 0 Å². The van der Waals surface area contributed by atoms with Crippen LogP contribution in [0.15, 0.2) is 0 Å². The number of aliphatic carboxylic acids is 1. The van der Waals surface area contributed by atoms with Crippen LogP contribution in [0.1, 0.15) is 6.42 Å². The number of aliphatic hydroxyl groups excluding tert-OH is 8. The summed E-state index contributed by atoms with van der Waals surface area (Å²) in [5.41, 5.74) is 0. The molecule has 170 valence electrons. The van der Waals surface area contributed by atoms with Crippen molar-refractivity contribution in [2.24, 2.45) is 0 Å². The molecule has 11 atom stereocenters. The fourth-order valence-corrected chi connectivity index (χ4v) is 3.09. The zero-order chi connectivity index (χ0) is 22.1. The Hall–Kier alpha value is -1.01. The van der Waals surface area contributed by atoms with Crippen molar-refractivity contribution in [1.82, 2.24) is 0 Å². The predicted molar refractivity (Wildman–Crippen MR) is 85.8 cm³/mol. The van der Waals surface area contributed by atoms with Crippen LogP contribution in [0.4, 0.5) is 0 Å². The lowest BCUT2D eigenvalue weighted by atomic mass is 9.91. The second-order valence-electron chi connectivity index (χ2n) is 7.02. The van der Waals surface area contributed by atoms with Crippen LogP contribution in [0.25, 0.3) is 0 Å². The van der Waals surface area contributed by atoms with E-state index in [9.17, 15) is 45.6 Å². The maximum atomic E-state index is 11.1. The van der Waals surface area contributed by atoms with E-state index in [2.05, 4.69) is 0 Å². The van der Waals surface area contributed by atoms with E-state index >= 15 is 0 Å². The van der Waals surface area contributed by atoms with E-state index in [-0.39, 0.29) is 0 Å². The average Bonchev–Trinajstić information content (AvgIpc) is 2.67. The van der Waals surface area contributed by atoms with Crippen molar-refractivity contribution >= 4 is 5.97 Å². The highest BCUT2D eigenvalue weighted by molar-refractivity contribution is 5.75. The lowest BCUT2D eigenvalue weighted by molar-refractivity contribution is -0.321. The van der Waals surface area contributed by atoms with Gasteiger partial charge in [-0.25, -0.2) is 4.79 Å². The average molecular weight is 430 g/mol. The highest BCUT2D eigenvalue weighted by Crippen LogP contribution is 2.30. The number of hydrogen-bond acceptors (Lipinski definition) is 13. The van der Waals surface area contributed by atoms with Crippen LogP contribution in [-0.2, 0) is 19.0 Å². The zero-order valence-corrected chi connectivity index (χ0v) is 15.0. The lowest BCUT2D eigenvalue weighted by Crippen LogP contribution is -2.63. The number of aliphatic hydroxyl groups is 9. The molecule has 0 aromatic heterocycles. The van der Waals surface area contributed by atoms with Crippen molar-refractivity contribution in [3.8, 4) is 0 Å². The molecule has 2 rings (SSSR count). The SMILES string of the molecule is O=C(O)[C@]1(O)C[C@H](O)[C@@H](O)[C@H]([C@H](O)[C@H](O)CO[C@H]2O[C@H](CO)[C@@H](O)[C@H](O)[C@H]2O)O1. The maximum Gasteiger partial charge on any atom is 0.364 e. The molecule has 2 saturated heterocycles. The van der Waals surface area contributed by atoms with Crippen molar-refractivity contribution in [3.63, 3.8) is 0 Å². The number of carbonyl (C=O) groups is 1. The topological polar surface area (TPSA) is 247 Å². The third kappa shape index (κ3) is 5.01. The van der Waals surface area contributed by atoms with Crippen molar-refractivity contribution in [2.45, 2.75) is 73.4 Å². The van der Waals surface area contributed by atoms with Gasteiger partial charge in [0.15, 0.2) is 6.29 Å². The Kier molecular flexibility index (Phi) is 7.88. The first-order chi connectivity index (χ1) is 13.4. The maximum absolute atomic E-state index is 11.1. The van der Waals surface area contributed by atoms with E-state index < -0.39 is 92.6 Å². The second kappa shape index (κ2) is 9.42. The van der Waals surface area contributed by atoms with Crippen molar-refractivity contribution < 1.29 is 70.1 Å². The summed E-state index contributed by atoms with van der Waals surface area (Å²) in [6.07, 6.45) is -18.4. The molecule has 2 heterocycles. The molecule has 2 aliphatic heterocycles. The first-order valence-corrected chi connectivity index (χ1v) is 8.71. The van der Waals surface area contributed by atoms with Crippen LogP contribution in [0, 0.1) is 0 Å². The Morgan fingerprint density at radius 2 is 1.69 bits per heavy atom. The van der Waals surface area contributed by atoms with Crippen LogP contribution in [0.5, 0.6) is 0 Å². The largest absolute Gasteiger partial charge is 0.477 e. The van der Waals surface area contributed by atoms with Crippen LogP contribution in [-0.4, -0.2) is 137 Å². The minimum Gasteiger partial charge on any atom is -0.477 e. The first kappa shape index (κ1) is 24.3. The van der Waals surface area contributed by atoms with Crippen LogP contribution >= 0.6 is 0 Å². The van der Waals surface area contributed by atoms with Gasteiger partial charge in [-0.15, -0.1) is 0 Å². The van der Waals surface area contributed by atoms with Crippen molar-refractivity contribution in [1.29, 1.82) is 0 Å². The first-order valence-electron chi connectivity index (χ1n) is 8.71. The molecule has 0 spiro atoms. The van der Waals surface area contributed by atoms with Gasteiger partial charge in [0.25, 0.3) is 5.79 Å². The Morgan fingerprint density at radius 1 is 1.07 bits per heavy atom. The lowest BCUT2D eigenvalue weighted by Gasteiger charge is -2.43. The van der Waals surface area contributed by atoms with Gasteiger partial charge in [-0.2, -0.15) is 0 Å². The number of hydrogen-bond donors (Lipinski definition) is 10. The third-order valence-corrected chi connectivity index (χ3v) is 4.89. The molecule has 2 fully saturated rings. The summed E-state index contributed by atoms with van der Waals surface area (Å²) >= 11 is 0. The Labute approximate surface area is 163 Å². The smallest absolute Gasteiger partial charge is 0.364 e. The summed E-state index contributed by atoms with van der Waals surface area (Å²) < 4.78 is 14.9. The van der Waals surface area contributed by atoms with Gasteiger partial charge < -0.3 is 65.3 Å². The minimum absolute atomic E-state index is 0.719. The molecule has 0 aromatic rings. The van der Waals surface area contributed by atoms with E-state index in [1.165, 1.54) is 0 Å². The van der Waals surface area contributed by atoms with Gasteiger partial charge >= 0.3 is 5.97 Å². The molecule has 0 bridgehead atoms. The second-order valence-corrected chi connectivity index (χ2v) is 7.02. The van der Waals surface area contributed by atoms with Crippen molar-refractivity contribution in [3.05, 3.63) is 0 Å². The Morgan fingerprint density at radius 3 is 2.24 bits per heavy atom. The molecule has 14 nitrogen and oxygen atoms in total. The molecule has 0 unspecified atom stereocenters. The van der Waals surface area contributed by atoms with E-state index in [4.69, 9.17) is 24.4 Å². The van der Waals surface area contributed by atoms with Gasteiger partial charge in [0, 0.05) is 6.42 Å². The number of rotatable bonds is 7. The highest BCUT2D eigenvalue weighted by atomic mass is 16.7. The Bertz CT molecular complexity index is 559. The molecule has 10 N–H and O–H groups in total. The molecule has 0 aromatic carbocycles. The molecule has 0 amide bonds. The summed E-state index contributed by atoms with van der Waals surface area (Å²) in [6.45, 7) is -1.53. The molecule has 0 radical (unpaired) electrons. The summed E-state index contributed by atoms with van der Waals surface area (Å²) in [6, 6.07) is 0. The van der Waals surface area contributed by atoms with Crippen LogP contribution < -0.4 is 0 Å². The Balaban J connectivity index is 2.00. The monoisotopic (exact) mass is 430 g/mol. The quantitative estimate of drug-likeness (QED) is 0.180. The molecule has 2 aliphatic rings. The van der Waals surface area contributed by atoms with E-state index in [0.717, 1.165) is 0 Å². The summed E-state index contributed by atoms with van der Waals surface area (Å²) in [7, 11) is 0. The number of carboxylic acids is 1. The highest BCUT2D eigenvalue weighted by Gasteiger charge is 2.53. The van der Waals surface area contributed by atoms with Gasteiger partial charge in [-0.1, -0.05) is 0 Å². The summed E-state index contributed by atoms with van der Waals surface area (Å²) in [4.78, 5) is 11.1. The normalized spacial score (nSPS) is 45.6. The van der Waals surface area contributed by atoms with Gasteiger partial charge in [-0.05, 0) is 0 Å². The molecule has 14 heteroatoms. The summed E-state index contributed by atoms with van der Waals surface area (Å²) in [5.74, 6) is -4.80. The predicted octanol–water partition coefficient (Wildman–Crippen LogP) is -6.19. The third-order valence-electron chi connectivity index (χ3n) is 4.89. The fourth-order valence-electron chi connectivity index (χ4n) is 3.09. The van der Waals surface area contributed by atoms with Crippen LogP contribution in [0.2, 0.25) is 0 Å².